The van der Waals surface area contributed by atoms with Gasteiger partial charge in [0.05, 0.1) is 23.3 Å². The number of nitriles is 1. The van der Waals surface area contributed by atoms with Crippen molar-refractivity contribution >= 4 is 33.5 Å². The summed E-state index contributed by atoms with van der Waals surface area (Å²) in [4.78, 5) is 11.4. The molecule has 1 aliphatic carbocycles. The molecule has 10 heteroatoms. The van der Waals surface area contributed by atoms with Crippen LogP contribution in [-0.4, -0.2) is 28.8 Å². The molecule has 0 aromatic heterocycles. The molecule has 0 saturated carbocycles. The molecule has 4 aromatic rings. The Bertz CT molecular complexity index is 1710. The lowest BCUT2D eigenvalue weighted by Crippen LogP contribution is -2.39. The number of hydrogen-bond donors (Lipinski definition) is 3. The Kier molecular flexibility index (Phi) is 9.63. The number of carboxylic acids is 1. The zero-order valence-corrected chi connectivity index (χ0v) is 25.2. The fraction of sp³-hybridized carbons (Fsp3) is 0.212. The number of aliphatic carboxylic acids is 1. The molecular formula is C33H27BrClFN2O5. The number of aliphatic hydroxyl groups excluding tert-OH is 1. The Balaban J connectivity index is 1.44. The topological polar surface area (TPSA) is 112 Å². The van der Waals surface area contributed by atoms with Crippen LogP contribution in [0.25, 0.3) is 11.1 Å². The van der Waals surface area contributed by atoms with Gasteiger partial charge < -0.3 is 19.7 Å². The number of nitrogens with zero attached hydrogens (tertiary/aromatic N) is 1. The number of benzene rings is 4. The van der Waals surface area contributed by atoms with Gasteiger partial charge in [-0.25, -0.2) is 4.39 Å². The summed E-state index contributed by atoms with van der Waals surface area (Å²) < 4.78 is 28.0. The third kappa shape index (κ3) is 7.00. The maximum Gasteiger partial charge on any atom is 0.323 e. The van der Waals surface area contributed by atoms with Crippen molar-refractivity contribution in [3.05, 3.63) is 116 Å². The van der Waals surface area contributed by atoms with Crippen molar-refractivity contribution < 1.29 is 28.9 Å². The lowest BCUT2D eigenvalue weighted by atomic mass is 9.96. The molecule has 0 heterocycles. The van der Waals surface area contributed by atoms with E-state index in [2.05, 4.69) is 27.3 Å². The molecule has 7 nitrogen and oxygen atoms in total. The van der Waals surface area contributed by atoms with Crippen LogP contribution in [0.4, 0.5) is 4.39 Å². The fourth-order valence-electron chi connectivity index (χ4n) is 5.19. The first-order valence-electron chi connectivity index (χ1n) is 13.5. The first-order chi connectivity index (χ1) is 20.8. The van der Waals surface area contributed by atoms with Crippen LogP contribution in [0.1, 0.15) is 40.3 Å². The molecule has 4 aromatic carbocycles. The van der Waals surface area contributed by atoms with E-state index in [9.17, 15) is 24.7 Å². The van der Waals surface area contributed by atoms with E-state index in [0.29, 0.717) is 46.1 Å². The third-order valence-corrected chi connectivity index (χ3v) is 8.02. The summed E-state index contributed by atoms with van der Waals surface area (Å²) in [7, 11) is 0. The number of carboxylic acid groups (broad SMARTS) is 1. The summed E-state index contributed by atoms with van der Waals surface area (Å²) in [6.07, 6.45) is 1.04. The molecular weight excluding hydrogens is 639 g/mol. The quantitative estimate of drug-likeness (QED) is 0.159. The predicted octanol–water partition coefficient (Wildman–Crippen LogP) is 6.96. The van der Waals surface area contributed by atoms with Crippen molar-refractivity contribution in [3.63, 3.8) is 0 Å². The van der Waals surface area contributed by atoms with Crippen LogP contribution < -0.4 is 14.8 Å². The van der Waals surface area contributed by atoms with Gasteiger partial charge >= 0.3 is 5.97 Å². The maximum atomic E-state index is 14.6. The van der Waals surface area contributed by atoms with Gasteiger partial charge in [0.1, 0.15) is 36.1 Å². The van der Waals surface area contributed by atoms with Gasteiger partial charge in [-0.15, -0.1) is 0 Å². The van der Waals surface area contributed by atoms with Gasteiger partial charge in [0, 0.05) is 28.2 Å². The zero-order chi connectivity index (χ0) is 30.5. The molecule has 5 rings (SSSR count). The van der Waals surface area contributed by atoms with Gasteiger partial charge in [-0.2, -0.15) is 5.26 Å². The second kappa shape index (κ2) is 13.6. The largest absolute Gasteiger partial charge is 0.488 e. The Morgan fingerprint density at radius 1 is 1.12 bits per heavy atom. The normalized spacial score (nSPS) is 14.5. The molecule has 220 valence electrons. The van der Waals surface area contributed by atoms with Crippen molar-refractivity contribution in [3.8, 4) is 28.7 Å². The highest BCUT2D eigenvalue weighted by atomic mass is 79.9. The van der Waals surface area contributed by atoms with Gasteiger partial charge in [-0.3, -0.25) is 10.1 Å². The van der Waals surface area contributed by atoms with Crippen LogP contribution in [-0.2, 0) is 24.4 Å². The first kappa shape index (κ1) is 30.5. The molecule has 2 atom stereocenters. The second-order valence-electron chi connectivity index (χ2n) is 10.1. The summed E-state index contributed by atoms with van der Waals surface area (Å²) >= 11 is 10.1. The molecule has 0 saturated heterocycles. The van der Waals surface area contributed by atoms with Gasteiger partial charge in [-0.05, 0) is 65.4 Å². The summed E-state index contributed by atoms with van der Waals surface area (Å²) in [5.41, 5.74) is 5.12. The summed E-state index contributed by atoms with van der Waals surface area (Å²) in [5, 5.41) is 31.2. The SMILES string of the molecule is N#Cc1cc(Br)cc(COc2cc(O[C@H]3CCc4c(-c5ccccc5F)cccc43)c(Cl)cc2CN[C@@H](CO)C(=O)O)c1. The van der Waals surface area contributed by atoms with Gasteiger partial charge in [0.15, 0.2) is 0 Å². The summed E-state index contributed by atoms with van der Waals surface area (Å²) in [6.45, 7) is -0.429. The minimum absolute atomic E-state index is 0.0487. The molecule has 0 unspecified atom stereocenters. The van der Waals surface area contributed by atoms with Crippen molar-refractivity contribution in [1.29, 1.82) is 5.26 Å². The lowest BCUT2D eigenvalue weighted by molar-refractivity contribution is -0.140. The van der Waals surface area contributed by atoms with Gasteiger partial charge in [0.25, 0.3) is 0 Å². The van der Waals surface area contributed by atoms with E-state index in [4.69, 9.17) is 21.1 Å². The highest BCUT2D eigenvalue weighted by Gasteiger charge is 2.28. The predicted molar refractivity (Wildman–Crippen MR) is 164 cm³/mol. The van der Waals surface area contributed by atoms with Crippen LogP contribution >= 0.6 is 27.5 Å². The van der Waals surface area contributed by atoms with E-state index in [1.165, 1.54) is 6.07 Å². The van der Waals surface area contributed by atoms with Gasteiger partial charge in [0.2, 0.25) is 0 Å². The molecule has 0 spiro atoms. The van der Waals surface area contributed by atoms with E-state index in [0.717, 1.165) is 26.7 Å². The Hall–Kier alpha value is -3.94. The number of aliphatic hydroxyl groups is 1. The minimum atomic E-state index is -1.19. The number of hydrogen-bond acceptors (Lipinski definition) is 6. The van der Waals surface area contributed by atoms with E-state index in [1.54, 1.807) is 36.4 Å². The van der Waals surface area contributed by atoms with Crippen LogP contribution in [0.15, 0.2) is 77.3 Å². The number of rotatable bonds is 11. The molecule has 0 fully saturated rings. The highest BCUT2D eigenvalue weighted by Crippen LogP contribution is 2.43. The number of nitrogens with one attached hydrogen (secondary N) is 1. The van der Waals surface area contributed by atoms with E-state index >= 15 is 0 Å². The van der Waals surface area contributed by atoms with E-state index in [1.807, 2.05) is 30.3 Å². The lowest BCUT2D eigenvalue weighted by Gasteiger charge is -2.20. The molecule has 0 bridgehead atoms. The highest BCUT2D eigenvalue weighted by molar-refractivity contribution is 9.10. The number of carbonyl (C=O) groups is 1. The van der Waals surface area contributed by atoms with Crippen LogP contribution in [0, 0.1) is 17.1 Å². The van der Waals surface area contributed by atoms with Crippen molar-refractivity contribution in [1.82, 2.24) is 5.32 Å². The minimum Gasteiger partial charge on any atom is -0.488 e. The average molecular weight is 666 g/mol. The Morgan fingerprint density at radius 2 is 1.91 bits per heavy atom. The molecule has 43 heavy (non-hydrogen) atoms. The molecule has 3 N–H and O–H groups in total. The number of ether oxygens (including phenoxy) is 2. The molecule has 0 amide bonds. The zero-order valence-electron chi connectivity index (χ0n) is 22.8. The smallest absolute Gasteiger partial charge is 0.323 e. The molecule has 1 aliphatic rings. The summed E-state index contributed by atoms with van der Waals surface area (Å²) in [5.74, 6) is -0.707. The van der Waals surface area contributed by atoms with Crippen molar-refractivity contribution in [2.75, 3.05) is 6.61 Å². The third-order valence-electron chi connectivity index (χ3n) is 7.26. The molecule has 0 aliphatic heterocycles. The summed E-state index contributed by atoms with van der Waals surface area (Å²) in [6, 6.07) is 22.0. The number of fused-ring (bicyclic) bond motifs is 1. The van der Waals surface area contributed by atoms with E-state index < -0.39 is 18.6 Å². The van der Waals surface area contributed by atoms with Crippen LogP contribution in [0.2, 0.25) is 5.02 Å². The monoisotopic (exact) mass is 664 g/mol. The Morgan fingerprint density at radius 3 is 2.65 bits per heavy atom. The average Bonchev–Trinajstić information content (AvgIpc) is 3.40. The van der Waals surface area contributed by atoms with Crippen LogP contribution in [0.3, 0.4) is 0 Å². The van der Waals surface area contributed by atoms with Crippen LogP contribution in [0.5, 0.6) is 11.5 Å². The Labute approximate surface area is 261 Å². The van der Waals surface area contributed by atoms with E-state index in [-0.39, 0.29) is 25.1 Å². The van der Waals surface area contributed by atoms with Crippen molar-refractivity contribution in [2.24, 2.45) is 0 Å². The second-order valence-corrected chi connectivity index (χ2v) is 11.4. The van der Waals surface area contributed by atoms with Gasteiger partial charge in [-0.1, -0.05) is 63.9 Å². The number of halogens is 3. The van der Waals surface area contributed by atoms with Crippen molar-refractivity contribution in [2.45, 2.75) is 38.1 Å². The standard InChI is InChI=1S/C33H27BrClFN2O5/c34-22-11-19(15-37)10-20(12-22)18-42-31-14-32(27(35)13-21(31)16-38-29(17-39)33(40)41)43-30-9-8-24-23(5-3-6-26(24)30)25-4-1-2-7-28(25)36/h1-7,10-14,29-30,38-39H,8-9,16-18H2,(H,40,41)/t29-,30-/m0/s1. The molecule has 0 radical (unpaired) electrons. The first-order valence-corrected chi connectivity index (χ1v) is 14.7. The maximum absolute atomic E-state index is 14.6. The fourth-order valence-corrected chi connectivity index (χ4v) is 5.96.